The minimum atomic E-state index is -1.29. The SMILES string of the molecule is C#CCON=C(C(=O)NC1C(=O)N2C(C(=O)O)=C(Sc3nnnn3C)CS[C@@H]12)c1nc(N)sc1Cl. The zero-order valence-corrected chi connectivity index (χ0v) is 20.7. The van der Waals surface area contributed by atoms with Crippen molar-refractivity contribution in [3.63, 3.8) is 0 Å². The molecular weight excluding hydrogens is 542 g/mol. The van der Waals surface area contributed by atoms with E-state index in [1.54, 1.807) is 7.05 Å². The number of rotatable bonds is 8. The molecule has 2 aliphatic rings. The fraction of sp³-hybridized carbons (Fsp3) is 0.294. The van der Waals surface area contributed by atoms with Gasteiger partial charge in [-0.1, -0.05) is 34.0 Å². The Hall–Kier alpha value is -3.33. The second-order valence-electron chi connectivity index (χ2n) is 6.72. The quantitative estimate of drug-likeness (QED) is 0.127. The molecule has 182 valence electrons. The topological polar surface area (TPSA) is 191 Å². The monoisotopic (exact) mass is 555 g/mol. The summed E-state index contributed by atoms with van der Waals surface area (Å²) in [6.07, 6.45) is 5.14. The first-order chi connectivity index (χ1) is 16.7. The molecule has 0 bridgehead atoms. The third-order valence-electron chi connectivity index (χ3n) is 4.56. The van der Waals surface area contributed by atoms with E-state index in [1.165, 1.54) is 16.4 Å². The van der Waals surface area contributed by atoms with Gasteiger partial charge >= 0.3 is 5.97 Å². The van der Waals surface area contributed by atoms with E-state index in [-0.39, 0.29) is 38.9 Å². The van der Waals surface area contributed by atoms with Crippen LogP contribution in [0.2, 0.25) is 4.34 Å². The zero-order valence-electron chi connectivity index (χ0n) is 17.5. The average Bonchev–Trinajstić information content (AvgIpc) is 3.37. The van der Waals surface area contributed by atoms with Crippen molar-refractivity contribution in [2.24, 2.45) is 12.2 Å². The summed E-state index contributed by atoms with van der Waals surface area (Å²) in [6.45, 7) is -0.225. The molecule has 2 aromatic rings. The van der Waals surface area contributed by atoms with Gasteiger partial charge in [0.25, 0.3) is 11.8 Å². The number of anilines is 1. The van der Waals surface area contributed by atoms with Crippen molar-refractivity contribution in [2.75, 3.05) is 18.1 Å². The summed E-state index contributed by atoms with van der Waals surface area (Å²) in [7, 11) is 1.61. The number of halogens is 1. The van der Waals surface area contributed by atoms with Crippen LogP contribution in [0.3, 0.4) is 0 Å². The van der Waals surface area contributed by atoms with E-state index in [9.17, 15) is 19.5 Å². The van der Waals surface area contributed by atoms with Crippen LogP contribution in [-0.4, -0.2) is 82.5 Å². The van der Waals surface area contributed by atoms with Crippen molar-refractivity contribution in [1.82, 2.24) is 35.4 Å². The summed E-state index contributed by atoms with van der Waals surface area (Å²) in [5.74, 6) is -0.274. The first-order valence-corrected chi connectivity index (χ1v) is 12.5. The Labute approximate surface area is 214 Å². The van der Waals surface area contributed by atoms with E-state index in [2.05, 4.69) is 36.9 Å². The van der Waals surface area contributed by atoms with Crippen LogP contribution in [0.5, 0.6) is 0 Å². The maximum atomic E-state index is 13.0. The number of oxime groups is 1. The number of aromatic nitrogens is 5. The van der Waals surface area contributed by atoms with Crippen LogP contribution in [-0.2, 0) is 26.3 Å². The van der Waals surface area contributed by atoms with Crippen molar-refractivity contribution >= 4 is 75.1 Å². The molecule has 1 fully saturated rings. The van der Waals surface area contributed by atoms with E-state index in [0.717, 1.165) is 28.0 Å². The average molecular weight is 556 g/mol. The highest BCUT2D eigenvalue weighted by atomic mass is 35.5. The number of carbonyl (C=O) groups excluding carboxylic acids is 2. The summed E-state index contributed by atoms with van der Waals surface area (Å²) in [5.41, 5.74) is 5.10. The number of carbonyl (C=O) groups is 3. The van der Waals surface area contributed by atoms with Crippen LogP contribution >= 0.6 is 46.5 Å². The molecule has 35 heavy (non-hydrogen) atoms. The van der Waals surface area contributed by atoms with Crippen molar-refractivity contribution < 1.29 is 24.3 Å². The lowest BCUT2D eigenvalue weighted by Crippen LogP contribution is -2.71. The normalized spacial score (nSPS) is 19.6. The number of terminal acetylenes is 1. The number of nitrogens with one attached hydrogen (secondary N) is 1. The van der Waals surface area contributed by atoms with Gasteiger partial charge in [0, 0.05) is 17.7 Å². The van der Waals surface area contributed by atoms with Crippen LogP contribution < -0.4 is 11.1 Å². The molecule has 0 saturated carbocycles. The lowest BCUT2D eigenvalue weighted by atomic mass is 10.0. The molecule has 2 atom stereocenters. The molecule has 0 radical (unpaired) electrons. The number of aliphatic carboxylic acids is 1. The standard InChI is InChI=1S/C17H14ClN9O5S3/c1-3-4-32-23-8(7-11(18)35-16(19)21-7)12(28)20-9-13(29)27-10(15(30)31)6(5-33-14(9)27)34-17-22-24-25-26(17)2/h1,9,14H,4-5H2,2H3,(H2,19,21)(H,20,28)(H,30,31)/t9?,14-/m0/s1. The van der Waals surface area contributed by atoms with E-state index >= 15 is 0 Å². The summed E-state index contributed by atoms with van der Waals surface area (Å²) >= 11 is 9.35. The van der Waals surface area contributed by atoms with Gasteiger partial charge in [-0.3, -0.25) is 14.5 Å². The Bertz CT molecular complexity index is 1320. The number of carboxylic acid groups (broad SMARTS) is 1. The third-order valence-corrected chi connectivity index (χ3v) is 8.22. The van der Waals surface area contributed by atoms with E-state index in [4.69, 9.17) is 28.6 Å². The number of thiazole rings is 1. The Morgan fingerprint density at radius 2 is 2.29 bits per heavy atom. The first kappa shape index (κ1) is 24.8. The highest BCUT2D eigenvalue weighted by Crippen LogP contribution is 2.44. The van der Waals surface area contributed by atoms with Crippen LogP contribution in [0.25, 0.3) is 0 Å². The molecule has 14 nitrogen and oxygen atoms in total. The smallest absolute Gasteiger partial charge is 0.353 e. The molecule has 4 rings (SSSR count). The predicted molar refractivity (Wildman–Crippen MR) is 127 cm³/mol. The molecule has 2 aliphatic heterocycles. The largest absolute Gasteiger partial charge is 0.477 e. The Morgan fingerprint density at radius 1 is 1.51 bits per heavy atom. The number of carboxylic acids is 1. The number of nitrogens with two attached hydrogens (primary N) is 1. The summed E-state index contributed by atoms with van der Waals surface area (Å²) in [6, 6.07) is -1.03. The number of aryl methyl sites for hydroxylation is 1. The van der Waals surface area contributed by atoms with Gasteiger partial charge in [-0.05, 0) is 22.2 Å². The summed E-state index contributed by atoms with van der Waals surface area (Å²) in [4.78, 5) is 48.4. The highest BCUT2D eigenvalue weighted by Gasteiger charge is 2.54. The van der Waals surface area contributed by atoms with Crippen LogP contribution in [0.1, 0.15) is 5.69 Å². The number of amides is 2. The van der Waals surface area contributed by atoms with Gasteiger partial charge in [-0.15, -0.1) is 23.3 Å². The van der Waals surface area contributed by atoms with Crippen LogP contribution in [0, 0.1) is 12.3 Å². The molecule has 0 aromatic carbocycles. The second-order valence-corrected chi connectivity index (χ2v) is 10.5. The second kappa shape index (κ2) is 10.1. The van der Waals surface area contributed by atoms with Gasteiger partial charge < -0.3 is 21.0 Å². The fourth-order valence-corrected chi connectivity index (χ4v) is 6.40. The highest BCUT2D eigenvalue weighted by molar-refractivity contribution is 8.06. The number of hydrogen-bond donors (Lipinski definition) is 3. The maximum absolute atomic E-state index is 13.0. The minimum absolute atomic E-state index is 0.0364. The predicted octanol–water partition coefficient (Wildman–Crippen LogP) is -0.255. The number of thioether (sulfide) groups is 2. The van der Waals surface area contributed by atoms with Crippen LogP contribution in [0.15, 0.2) is 20.9 Å². The summed E-state index contributed by atoms with van der Waals surface area (Å²) < 4.78 is 1.47. The fourth-order valence-electron chi connectivity index (χ4n) is 3.09. The number of β-lactam (4-membered cyclic amide) rings is 1. The Morgan fingerprint density at radius 3 is 2.89 bits per heavy atom. The number of tetrazole rings is 1. The van der Waals surface area contributed by atoms with Gasteiger partial charge in [-0.25, -0.2) is 14.5 Å². The van der Waals surface area contributed by atoms with Crippen molar-refractivity contribution in [1.29, 1.82) is 0 Å². The molecule has 0 aliphatic carbocycles. The number of hydrogen-bond acceptors (Lipinski definition) is 13. The molecular formula is C17H14ClN9O5S3. The number of nitrogens with zero attached hydrogens (tertiary/aromatic N) is 7. The molecule has 2 amide bonds. The van der Waals surface area contributed by atoms with Crippen molar-refractivity contribution in [3.05, 3.63) is 20.6 Å². The van der Waals surface area contributed by atoms with E-state index in [0.29, 0.717) is 10.1 Å². The molecule has 18 heteroatoms. The maximum Gasteiger partial charge on any atom is 0.353 e. The van der Waals surface area contributed by atoms with Gasteiger partial charge in [0.05, 0.1) is 0 Å². The lowest BCUT2D eigenvalue weighted by Gasteiger charge is -2.49. The summed E-state index contributed by atoms with van der Waals surface area (Å²) in [5, 5.41) is 26.9. The third kappa shape index (κ3) is 4.77. The van der Waals surface area contributed by atoms with Gasteiger partial charge in [-0.2, -0.15) is 0 Å². The number of fused-ring (bicyclic) bond motifs is 1. The minimum Gasteiger partial charge on any atom is -0.477 e. The van der Waals surface area contributed by atoms with Gasteiger partial charge in [0.15, 0.2) is 17.5 Å². The molecule has 1 saturated heterocycles. The van der Waals surface area contributed by atoms with Crippen LogP contribution in [0.4, 0.5) is 5.13 Å². The Balaban J connectivity index is 1.55. The molecule has 4 N–H and O–H groups in total. The van der Waals surface area contributed by atoms with E-state index < -0.39 is 29.2 Å². The van der Waals surface area contributed by atoms with Gasteiger partial charge in [0.1, 0.15) is 27.1 Å². The molecule has 1 unspecified atom stereocenters. The van der Waals surface area contributed by atoms with Crippen molar-refractivity contribution in [3.8, 4) is 12.3 Å². The van der Waals surface area contributed by atoms with E-state index in [1.807, 2.05) is 0 Å². The zero-order chi connectivity index (χ0) is 25.3. The molecule has 2 aromatic heterocycles. The van der Waals surface area contributed by atoms with Crippen molar-refractivity contribution in [2.45, 2.75) is 16.6 Å². The molecule has 0 spiro atoms. The Kier molecular flexibility index (Phi) is 7.16. The molecule has 4 heterocycles. The van der Waals surface area contributed by atoms with Gasteiger partial charge in [0.2, 0.25) is 5.16 Å². The number of nitrogen functional groups attached to an aromatic ring is 1. The first-order valence-electron chi connectivity index (χ1n) is 9.40. The lowest BCUT2D eigenvalue weighted by molar-refractivity contribution is -0.150.